The van der Waals surface area contributed by atoms with Crippen molar-refractivity contribution in [3.8, 4) is 0 Å². The molecular weight excluding hydrogens is 465 g/mol. The van der Waals surface area contributed by atoms with Crippen LogP contribution in [0.2, 0.25) is 0 Å². The van der Waals surface area contributed by atoms with E-state index in [1.165, 1.54) is 5.56 Å². The summed E-state index contributed by atoms with van der Waals surface area (Å²) >= 11 is 0. The zero-order valence-electron chi connectivity index (χ0n) is 16.4. The third kappa shape index (κ3) is 6.36. The minimum absolute atomic E-state index is 0. The molecule has 1 aromatic carbocycles. The van der Waals surface area contributed by atoms with Crippen LogP contribution < -0.4 is 10.6 Å². The number of imidazole rings is 1. The van der Waals surface area contributed by atoms with Crippen LogP contribution in [0.4, 0.5) is 0 Å². The van der Waals surface area contributed by atoms with Crippen molar-refractivity contribution in [2.24, 2.45) is 12.0 Å². The van der Waals surface area contributed by atoms with Crippen molar-refractivity contribution in [1.29, 1.82) is 0 Å². The van der Waals surface area contributed by atoms with Gasteiger partial charge in [-0.05, 0) is 18.6 Å². The molecule has 150 valence electrons. The summed E-state index contributed by atoms with van der Waals surface area (Å²) in [6, 6.07) is 12.4. The van der Waals surface area contributed by atoms with Crippen LogP contribution in [-0.2, 0) is 26.6 Å². The summed E-state index contributed by atoms with van der Waals surface area (Å²) in [5.74, 6) is 1.87. The average Bonchev–Trinajstić information content (AvgIpc) is 3.29. The van der Waals surface area contributed by atoms with Gasteiger partial charge in [0.25, 0.3) is 0 Å². The quantitative estimate of drug-likeness (QED) is 0.288. The summed E-state index contributed by atoms with van der Waals surface area (Å²) in [7, 11) is 1.93. The number of nitrogens with zero attached hydrogens (tertiary/aromatic N) is 5. The molecule has 8 heteroatoms. The molecule has 28 heavy (non-hydrogen) atoms. The van der Waals surface area contributed by atoms with Gasteiger partial charge in [-0.25, -0.2) is 9.98 Å². The third-order valence-electron chi connectivity index (χ3n) is 4.30. The second kappa shape index (κ2) is 11.5. The maximum Gasteiger partial charge on any atom is 0.191 e. The molecule has 0 atom stereocenters. The highest BCUT2D eigenvalue weighted by atomic mass is 127. The highest BCUT2D eigenvalue weighted by molar-refractivity contribution is 14.0. The molecule has 0 amide bonds. The van der Waals surface area contributed by atoms with E-state index in [4.69, 9.17) is 0 Å². The van der Waals surface area contributed by atoms with Gasteiger partial charge in [-0.3, -0.25) is 4.68 Å². The Bertz CT molecular complexity index is 854. The molecule has 0 spiro atoms. The predicted molar refractivity (Wildman–Crippen MR) is 123 cm³/mol. The number of hydrogen-bond donors (Lipinski definition) is 2. The molecule has 3 aromatic rings. The van der Waals surface area contributed by atoms with Gasteiger partial charge in [0, 0.05) is 51.7 Å². The molecule has 0 bridgehead atoms. The van der Waals surface area contributed by atoms with Crippen molar-refractivity contribution in [2.45, 2.75) is 26.4 Å². The van der Waals surface area contributed by atoms with Crippen molar-refractivity contribution in [3.05, 3.63) is 72.1 Å². The van der Waals surface area contributed by atoms with Gasteiger partial charge in [0.2, 0.25) is 0 Å². The van der Waals surface area contributed by atoms with Crippen LogP contribution in [-0.4, -0.2) is 38.4 Å². The summed E-state index contributed by atoms with van der Waals surface area (Å²) in [5.41, 5.74) is 2.35. The molecule has 0 aliphatic heterocycles. The first-order valence-electron chi connectivity index (χ1n) is 9.29. The van der Waals surface area contributed by atoms with E-state index in [0.717, 1.165) is 43.5 Å². The Morgan fingerprint density at radius 1 is 1.11 bits per heavy atom. The maximum absolute atomic E-state index is 4.63. The van der Waals surface area contributed by atoms with Gasteiger partial charge in [0.15, 0.2) is 5.96 Å². The van der Waals surface area contributed by atoms with Crippen molar-refractivity contribution in [3.63, 3.8) is 0 Å². The first kappa shape index (κ1) is 21.9. The fraction of sp³-hybridized carbons (Fsp3) is 0.350. The van der Waals surface area contributed by atoms with Crippen LogP contribution in [0.15, 0.2) is 60.0 Å². The van der Waals surface area contributed by atoms with Crippen molar-refractivity contribution < 1.29 is 0 Å². The number of aryl methyl sites for hydroxylation is 1. The number of benzene rings is 1. The minimum atomic E-state index is 0. The summed E-state index contributed by atoms with van der Waals surface area (Å²) in [5, 5.41) is 10.8. The number of rotatable bonds is 8. The van der Waals surface area contributed by atoms with Crippen LogP contribution in [0.5, 0.6) is 0 Å². The largest absolute Gasteiger partial charge is 0.357 e. The lowest BCUT2D eigenvalue weighted by molar-refractivity contribution is 0.689. The Morgan fingerprint density at radius 3 is 2.64 bits per heavy atom. The van der Waals surface area contributed by atoms with Gasteiger partial charge in [-0.15, -0.1) is 24.0 Å². The Hall–Kier alpha value is -2.36. The van der Waals surface area contributed by atoms with E-state index in [-0.39, 0.29) is 24.0 Å². The number of hydrogen-bond acceptors (Lipinski definition) is 3. The summed E-state index contributed by atoms with van der Waals surface area (Å²) in [4.78, 5) is 9.14. The van der Waals surface area contributed by atoms with E-state index in [1.54, 1.807) is 6.20 Å². The predicted octanol–water partition coefficient (Wildman–Crippen LogP) is 2.58. The third-order valence-corrected chi connectivity index (χ3v) is 4.30. The normalized spacial score (nSPS) is 11.1. The molecule has 2 N–H and O–H groups in total. The highest BCUT2D eigenvalue weighted by Gasteiger charge is 2.05. The van der Waals surface area contributed by atoms with E-state index in [9.17, 15) is 0 Å². The Morgan fingerprint density at radius 2 is 1.93 bits per heavy atom. The monoisotopic (exact) mass is 493 g/mol. The first-order chi connectivity index (χ1) is 13.3. The number of nitrogens with one attached hydrogen (secondary N) is 2. The van der Waals surface area contributed by atoms with Gasteiger partial charge < -0.3 is 15.2 Å². The number of halogens is 1. The Kier molecular flexibility index (Phi) is 8.99. The van der Waals surface area contributed by atoms with Crippen LogP contribution >= 0.6 is 24.0 Å². The number of aromatic nitrogens is 4. The van der Waals surface area contributed by atoms with Crippen molar-refractivity contribution >= 4 is 29.9 Å². The van der Waals surface area contributed by atoms with E-state index in [1.807, 2.05) is 36.3 Å². The highest BCUT2D eigenvalue weighted by Crippen LogP contribution is 2.06. The summed E-state index contributed by atoms with van der Waals surface area (Å²) < 4.78 is 4.03. The standard InChI is InChI=1S/C20H27N7.HI/c1-3-21-20(24-15-18-9-12-25-26(18)2)23-11-10-19-22-13-14-27(19)16-17-7-5-4-6-8-17;/h4-9,12-14H,3,10-11,15-16H2,1-2H3,(H2,21,23,24);1H. The first-order valence-corrected chi connectivity index (χ1v) is 9.29. The molecular formula is C20H28IN7. The minimum Gasteiger partial charge on any atom is -0.357 e. The molecule has 0 saturated carbocycles. The smallest absolute Gasteiger partial charge is 0.191 e. The Labute approximate surface area is 183 Å². The van der Waals surface area contributed by atoms with Crippen LogP contribution in [0.25, 0.3) is 0 Å². The van der Waals surface area contributed by atoms with Gasteiger partial charge >= 0.3 is 0 Å². The zero-order chi connectivity index (χ0) is 18.9. The topological polar surface area (TPSA) is 72.1 Å². The Balaban J connectivity index is 0.00000280. The molecule has 7 nitrogen and oxygen atoms in total. The van der Waals surface area contributed by atoms with Gasteiger partial charge in [-0.2, -0.15) is 5.10 Å². The van der Waals surface area contributed by atoms with E-state index in [0.29, 0.717) is 6.54 Å². The lowest BCUT2D eigenvalue weighted by atomic mass is 10.2. The van der Waals surface area contributed by atoms with E-state index in [2.05, 4.69) is 61.5 Å². The fourth-order valence-corrected chi connectivity index (χ4v) is 2.84. The molecule has 0 radical (unpaired) electrons. The molecule has 0 fully saturated rings. The fourth-order valence-electron chi connectivity index (χ4n) is 2.84. The molecule has 3 rings (SSSR count). The van der Waals surface area contributed by atoms with Crippen LogP contribution in [0, 0.1) is 0 Å². The van der Waals surface area contributed by atoms with Crippen LogP contribution in [0.1, 0.15) is 24.0 Å². The van der Waals surface area contributed by atoms with Crippen molar-refractivity contribution in [2.75, 3.05) is 13.1 Å². The van der Waals surface area contributed by atoms with E-state index >= 15 is 0 Å². The van der Waals surface area contributed by atoms with Crippen LogP contribution in [0.3, 0.4) is 0 Å². The molecule has 2 heterocycles. The summed E-state index contributed by atoms with van der Waals surface area (Å²) in [6.45, 7) is 5.08. The van der Waals surface area contributed by atoms with Crippen molar-refractivity contribution in [1.82, 2.24) is 30.0 Å². The molecule has 0 aliphatic carbocycles. The maximum atomic E-state index is 4.63. The summed E-state index contributed by atoms with van der Waals surface area (Å²) in [6.07, 6.45) is 6.51. The van der Waals surface area contributed by atoms with Gasteiger partial charge in [0.1, 0.15) is 5.82 Å². The zero-order valence-corrected chi connectivity index (χ0v) is 18.7. The lowest BCUT2D eigenvalue weighted by Crippen LogP contribution is -2.38. The second-order valence-corrected chi connectivity index (χ2v) is 6.28. The number of guanidine groups is 1. The SMILES string of the molecule is CCNC(=NCc1ccnn1C)NCCc1nccn1Cc1ccccc1.I. The van der Waals surface area contributed by atoms with Gasteiger partial charge in [0.05, 0.1) is 12.2 Å². The number of aliphatic imine (C=N–C) groups is 1. The molecule has 0 unspecified atom stereocenters. The molecule has 2 aromatic heterocycles. The van der Waals surface area contributed by atoms with E-state index < -0.39 is 0 Å². The van der Waals surface area contributed by atoms with Gasteiger partial charge in [-0.1, -0.05) is 30.3 Å². The average molecular weight is 493 g/mol. The molecule has 0 saturated heterocycles. The lowest BCUT2D eigenvalue weighted by Gasteiger charge is -2.12. The molecule has 0 aliphatic rings. The second-order valence-electron chi connectivity index (χ2n) is 6.28.